The van der Waals surface area contributed by atoms with E-state index in [1.807, 2.05) is 36.1 Å². The average Bonchev–Trinajstić information content (AvgIpc) is 3.28. The summed E-state index contributed by atoms with van der Waals surface area (Å²) in [6.07, 6.45) is 3.49. The summed E-state index contributed by atoms with van der Waals surface area (Å²) in [4.78, 5) is 9.19. The molecule has 0 spiro atoms. The zero-order chi connectivity index (χ0) is 16.3. The number of halogens is 1. The van der Waals surface area contributed by atoms with Gasteiger partial charge in [0.15, 0.2) is 11.6 Å². The highest BCUT2D eigenvalue weighted by molar-refractivity contribution is 9.10. The van der Waals surface area contributed by atoms with Crippen LogP contribution in [0.3, 0.4) is 0 Å². The second-order valence-corrected chi connectivity index (χ2v) is 6.62. The summed E-state index contributed by atoms with van der Waals surface area (Å²) in [5.74, 6) is 2.07. The van der Waals surface area contributed by atoms with Crippen LogP contribution >= 0.6 is 15.9 Å². The van der Waals surface area contributed by atoms with E-state index >= 15 is 0 Å². The minimum absolute atomic E-state index is 0.589. The molecule has 7 heteroatoms. The van der Waals surface area contributed by atoms with Gasteiger partial charge < -0.3 is 8.98 Å². The Morgan fingerprint density at radius 1 is 1.25 bits per heavy atom. The second kappa shape index (κ2) is 4.91. The predicted molar refractivity (Wildman–Crippen MR) is 91.8 cm³/mol. The number of nitrogens with zero attached hydrogens (tertiary/aromatic N) is 5. The lowest BCUT2D eigenvalue weighted by atomic mass is 10.1. The van der Waals surface area contributed by atoms with Crippen LogP contribution in [0.5, 0.6) is 0 Å². The molecule has 1 aliphatic heterocycles. The largest absolute Gasteiger partial charge is 0.461 e. The maximum atomic E-state index is 5.45. The SMILES string of the molecule is Cc1ncn2c1Cn1nc(-c3ccco3)nc1-c1cc(Br)ccc1-2. The normalized spacial score (nSPS) is 12.4. The van der Waals surface area contributed by atoms with Crippen molar-refractivity contribution in [2.45, 2.75) is 13.5 Å². The quantitative estimate of drug-likeness (QED) is 0.442. The lowest BCUT2D eigenvalue weighted by Gasteiger charge is -2.08. The molecule has 0 atom stereocenters. The minimum atomic E-state index is 0.589. The van der Waals surface area contributed by atoms with Crippen molar-refractivity contribution in [3.05, 3.63) is 58.8 Å². The van der Waals surface area contributed by atoms with Gasteiger partial charge in [0.1, 0.15) is 0 Å². The van der Waals surface area contributed by atoms with Gasteiger partial charge in [-0.3, -0.25) is 0 Å². The Morgan fingerprint density at radius 2 is 2.17 bits per heavy atom. The van der Waals surface area contributed by atoms with E-state index in [0.29, 0.717) is 18.1 Å². The maximum absolute atomic E-state index is 5.45. The van der Waals surface area contributed by atoms with Gasteiger partial charge in [0.05, 0.1) is 36.2 Å². The summed E-state index contributed by atoms with van der Waals surface area (Å²) >= 11 is 3.56. The number of benzene rings is 1. The predicted octanol–water partition coefficient (Wildman–Crippen LogP) is 3.82. The van der Waals surface area contributed by atoms with E-state index < -0.39 is 0 Å². The molecule has 0 amide bonds. The van der Waals surface area contributed by atoms with Crippen LogP contribution in [0.4, 0.5) is 0 Å². The molecule has 0 fully saturated rings. The lowest BCUT2D eigenvalue weighted by Crippen LogP contribution is -2.05. The summed E-state index contributed by atoms with van der Waals surface area (Å²) in [5.41, 5.74) is 4.15. The summed E-state index contributed by atoms with van der Waals surface area (Å²) in [6.45, 7) is 2.63. The van der Waals surface area contributed by atoms with Crippen LogP contribution in [0.1, 0.15) is 11.4 Å². The Hall–Kier alpha value is -2.67. The van der Waals surface area contributed by atoms with Crippen LogP contribution in [0.2, 0.25) is 0 Å². The van der Waals surface area contributed by atoms with Crippen LogP contribution in [-0.4, -0.2) is 24.3 Å². The first-order chi connectivity index (χ1) is 11.7. The smallest absolute Gasteiger partial charge is 0.217 e. The van der Waals surface area contributed by atoms with Gasteiger partial charge in [-0.05, 0) is 37.3 Å². The number of rotatable bonds is 1. The van der Waals surface area contributed by atoms with Crippen LogP contribution < -0.4 is 0 Å². The minimum Gasteiger partial charge on any atom is -0.461 e. The Labute approximate surface area is 145 Å². The highest BCUT2D eigenvalue weighted by Crippen LogP contribution is 2.34. The topological polar surface area (TPSA) is 61.7 Å². The number of aryl methyl sites for hydroxylation is 1. The Balaban J connectivity index is 1.81. The first kappa shape index (κ1) is 13.7. The molecular formula is C17H12BrN5O. The Bertz CT molecular complexity index is 1060. The van der Waals surface area contributed by atoms with Crippen molar-refractivity contribution in [2.75, 3.05) is 0 Å². The van der Waals surface area contributed by atoms with E-state index in [2.05, 4.69) is 42.7 Å². The number of furan rings is 1. The van der Waals surface area contributed by atoms with Gasteiger partial charge in [0.2, 0.25) is 5.82 Å². The summed E-state index contributed by atoms with van der Waals surface area (Å²) < 4.78 is 10.5. The van der Waals surface area contributed by atoms with E-state index in [9.17, 15) is 0 Å². The average molecular weight is 382 g/mol. The molecule has 0 saturated carbocycles. The highest BCUT2D eigenvalue weighted by atomic mass is 79.9. The van der Waals surface area contributed by atoms with Gasteiger partial charge in [-0.25, -0.2) is 14.6 Å². The first-order valence-electron chi connectivity index (χ1n) is 7.52. The monoisotopic (exact) mass is 381 g/mol. The van der Waals surface area contributed by atoms with E-state index in [-0.39, 0.29) is 0 Å². The van der Waals surface area contributed by atoms with Gasteiger partial charge in [0, 0.05) is 10.0 Å². The van der Waals surface area contributed by atoms with Crippen molar-refractivity contribution in [1.82, 2.24) is 24.3 Å². The molecule has 3 aromatic heterocycles. The third kappa shape index (κ3) is 1.91. The van der Waals surface area contributed by atoms with E-state index in [0.717, 1.165) is 32.9 Å². The molecule has 4 aromatic rings. The van der Waals surface area contributed by atoms with E-state index in [1.165, 1.54) is 0 Å². The van der Waals surface area contributed by atoms with E-state index in [4.69, 9.17) is 9.40 Å². The maximum Gasteiger partial charge on any atom is 0.217 e. The number of aromatic nitrogens is 5. The van der Waals surface area contributed by atoms with Crippen LogP contribution in [-0.2, 0) is 6.54 Å². The second-order valence-electron chi connectivity index (χ2n) is 5.70. The number of imidazole rings is 1. The zero-order valence-electron chi connectivity index (χ0n) is 12.8. The summed E-state index contributed by atoms with van der Waals surface area (Å²) in [6, 6.07) is 9.86. The van der Waals surface area contributed by atoms with Crippen LogP contribution in [0.15, 0.2) is 51.8 Å². The lowest BCUT2D eigenvalue weighted by molar-refractivity contribution is 0.574. The van der Waals surface area contributed by atoms with Crippen LogP contribution in [0, 0.1) is 6.92 Å². The van der Waals surface area contributed by atoms with Gasteiger partial charge in [-0.1, -0.05) is 15.9 Å². The standard InChI is InChI=1S/C17H12BrN5O/c1-10-14-8-23-17(20-16(21-23)15-3-2-6-24-15)12-7-11(18)4-5-13(12)22(14)9-19-10/h2-7,9H,8H2,1H3. The molecular weight excluding hydrogens is 370 g/mol. The first-order valence-corrected chi connectivity index (χ1v) is 8.32. The van der Waals surface area contributed by atoms with Crippen molar-refractivity contribution < 1.29 is 4.42 Å². The van der Waals surface area contributed by atoms with Gasteiger partial charge in [-0.15, -0.1) is 5.10 Å². The molecule has 118 valence electrons. The fraction of sp³-hybridized carbons (Fsp3) is 0.118. The molecule has 5 rings (SSSR count). The van der Waals surface area contributed by atoms with Crippen molar-refractivity contribution in [1.29, 1.82) is 0 Å². The molecule has 6 nitrogen and oxygen atoms in total. The fourth-order valence-corrected chi connectivity index (χ4v) is 3.42. The number of hydrogen-bond donors (Lipinski definition) is 0. The van der Waals surface area contributed by atoms with Gasteiger partial charge >= 0.3 is 0 Å². The van der Waals surface area contributed by atoms with Gasteiger partial charge in [0.25, 0.3) is 0 Å². The number of hydrogen-bond acceptors (Lipinski definition) is 4. The molecule has 0 N–H and O–H groups in total. The van der Waals surface area contributed by atoms with Crippen molar-refractivity contribution >= 4 is 15.9 Å². The van der Waals surface area contributed by atoms with E-state index in [1.54, 1.807) is 6.26 Å². The molecule has 1 aliphatic rings. The molecule has 0 bridgehead atoms. The molecule has 0 aliphatic carbocycles. The number of fused-ring (bicyclic) bond motifs is 5. The van der Waals surface area contributed by atoms with Gasteiger partial charge in [-0.2, -0.15) is 0 Å². The third-order valence-electron chi connectivity index (χ3n) is 4.25. The van der Waals surface area contributed by atoms with Crippen molar-refractivity contribution in [3.63, 3.8) is 0 Å². The Kier molecular flexibility index (Phi) is 2.81. The van der Waals surface area contributed by atoms with Crippen molar-refractivity contribution in [3.8, 4) is 28.7 Å². The summed E-state index contributed by atoms with van der Waals surface area (Å²) in [7, 11) is 0. The van der Waals surface area contributed by atoms with Crippen LogP contribution in [0.25, 0.3) is 28.7 Å². The Morgan fingerprint density at radius 3 is 3.00 bits per heavy atom. The molecule has 24 heavy (non-hydrogen) atoms. The van der Waals surface area contributed by atoms with Crippen molar-refractivity contribution in [2.24, 2.45) is 0 Å². The molecule has 0 saturated heterocycles. The highest BCUT2D eigenvalue weighted by Gasteiger charge is 2.25. The molecule has 4 heterocycles. The summed E-state index contributed by atoms with van der Waals surface area (Å²) in [5, 5.41) is 4.66. The molecule has 0 unspecified atom stereocenters. The fourth-order valence-electron chi connectivity index (χ4n) is 3.06. The molecule has 1 aromatic carbocycles. The molecule has 0 radical (unpaired) electrons. The third-order valence-corrected chi connectivity index (χ3v) is 4.74. The zero-order valence-corrected chi connectivity index (χ0v) is 14.4.